The number of carbonyl (C=O) groups is 1. The van der Waals surface area contributed by atoms with Gasteiger partial charge in [0, 0.05) is 19.0 Å². The van der Waals surface area contributed by atoms with Crippen LogP contribution in [-0.4, -0.2) is 34.9 Å². The molecule has 0 spiro atoms. The van der Waals surface area contributed by atoms with Gasteiger partial charge in [-0.2, -0.15) is 0 Å². The molecule has 0 aliphatic heterocycles. The molecule has 16 heavy (non-hydrogen) atoms. The number of aromatic nitrogens is 1. The minimum absolute atomic E-state index is 0.507. The van der Waals surface area contributed by atoms with Crippen molar-refractivity contribution >= 4 is 12.2 Å². The number of aliphatic imine (C=N–C) groups is 1. The average Bonchev–Trinajstić information content (AvgIpc) is 2.75. The van der Waals surface area contributed by atoms with Crippen LogP contribution in [-0.2, 0) is 4.79 Å². The zero-order chi connectivity index (χ0) is 11.8. The van der Waals surface area contributed by atoms with Crippen LogP contribution in [0.5, 0.6) is 0 Å². The lowest BCUT2D eigenvalue weighted by Gasteiger charge is -2.03. The Bertz CT molecular complexity index is 333. The summed E-state index contributed by atoms with van der Waals surface area (Å²) in [6.07, 6.45) is 5.77. The van der Waals surface area contributed by atoms with Gasteiger partial charge >= 0.3 is 5.97 Å². The van der Waals surface area contributed by atoms with Crippen molar-refractivity contribution in [2.24, 2.45) is 10.7 Å². The first-order valence-corrected chi connectivity index (χ1v) is 5.32. The summed E-state index contributed by atoms with van der Waals surface area (Å²) in [5, 5.41) is 8.55. The Morgan fingerprint density at radius 3 is 3.06 bits per heavy atom. The van der Waals surface area contributed by atoms with E-state index in [0.717, 1.165) is 18.5 Å². The van der Waals surface area contributed by atoms with E-state index in [0.29, 0.717) is 13.0 Å². The molecule has 0 saturated carbocycles. The van der Waals surface area contributed by atoms with Crippen molar-refractivity contribution in [3.63, 3.8) is 0 Å². The van der Waals surface area contributed by atoms with Crippen molar-refractivity contribution in [3.05, 3.63) is 24.0 Å². The second kappa shape index (κ2) is 6.79. The van der Waals surface area contributed by atoms with E-state index in [1.165, 1.54) is 0 Å². The zero-order valence-electron chi connectivity index (χ0n) is 9.10. The lowest BCUT2D eigenvalue weighted by molar-refractivity contribution is -0.138. The molecule has 0 unspecified atom stereocenters. The number of rotatable bonds is 7. The largest absolute Gasteiger partial charge is 0.480 e. The maximum Gasteiger partial charge on any atom is 0.320 e. The molecule has 5 nitrogen and oxygen atoms in total. The molecule has 1 aromatic rings. The van der Waals surface area contributed by atoms with E-state index in [4.69, 9.17) is 10.8 Å². The summed E-state index contributed by atoms with van der Waals surface area (Å²) in [6.45, 7) is 0.700. The van der Waals surface area contributed by atoms with Crippen molar-refractivity contribution < 1.29 is 9.90 Å². The van der Waals surface area contributed by atoms with Crippen LogP contribution in [0.4, 0.5) is 0 Å². The second-order valence-corrected chi connectivity index (χ2v) is 3.60. The number of nitrogens with zero attached hydrogens (tertiary/aromatic N) is 1. The summed E-state index contributed by atoms with van der Waals surface area (Å²) < 4.78 is 0. The molecule has 0 aliphatic carbocycles. The van der Waals surface area contributed by atoms with Crippen LogP contribution < -0.4 is 5.73 Å². The highest BCUT2D eigenvalue weighted by molar-refractivity contribution is 5.76. The predicted octanol–water partition coefficient (Wildman–Crippen LogP) is 1.02. The van der Waals surface area contributed by atoms with Gasteiger partial charge in [0.05, 0.1) is 5.69 Å². The molecule has 1 rings (SSSR count). The third-order valence-electron chi connectivity index (χ3n) is 2.22. The lowest BCUT2D eigenvalue weighted by Crippen LogP contribution is -2.29. The lowest BCUT2D eigenvalue weighted by atomic mass is 10.1. The number of aromatic amines is 1. The topological polar surface area (TPSA) is 91.5 Å². The Labute approximate surface area is 94.4 Å². The van der Waals surface area contributed by atoms with Crippen LogP contribution in [0.2, 0.25) is 0 Å². The number of nitrogens with two attached hydrogens (primary N) is 1. The number of carboxylic acids is 1. The highest BCUT2D eigenvalue weighted by atomic mass is 16.4. The maximum absolute atomic E-state index is 10.4. The number of H-pyrrole nitrogens is 1. The molecule has 1 heterocycles. The van der Waals surface area contributed by atoms with Gasteiger partial charge in [0.25, 0.3) is 0 Å². The van der Waals surface area contributed by atoms with E-state index in [9.17, 15) is 4.79 Å². The van der Waals surface area contributed by atoms with E-state index in [-0.39, 0.29) is 0 Å². The number of hydrogen-bond donors (Lipinski definition) is 3. The highest BCUT2D eigenvalue weighted by Gasteiger charge is 2.09. The number of hydrogen-bond acceptors (Lipinski definition) is 3. The van der Waals surface area contributed by atoms with Gasteiger partial charge in [-0.15, -0.1) is 0 Å². The minimum Gasteiger partial charge on any atom is -0.480 e. The molecule has 0 fully saturated rings. The number of carboxylic acid groups (broad SMARTS) is 1. The molecule has 1 atom stereocenters. The Kier molecular flexibility index (Phi) is 5.28. The first-order valence-electron chi connectivity index (χ1n) is 5.32. The summed E-state index contributed by atoms with van der Waals surface area (Å²) in [7, 11) is 0. The van der Waals surface area contributed by atoms with Crippen LogP contribution in [0.3, 0.4) is 0 Å². The van der Waals surface area contributed by atoms with Gasteiger partial charge in [-0.25, -0.2) is 0 Å². The van der Waals surface area contributed by atoms with Gasteiger partial charge in [0.1, 0.15) is 6.04 Å². The van der Waals surface area contributed by atoms with Crippen LogP contribution in [0.25, 0.3) is 0 Å². The molecule has 0 aliphatic rings. The molecule has 0 saturated heterocycles. The first kappa shape index (κ1) is 12.4. The van der Waals surface area contributed by atoms with Gasteiger partial charge < -0.3 is 15.8 Å². The van der Waals surface area contributed by atoms with E-state index in [2.05, 4.69) is 9.98 Å². The molecular formula is C11H17N3O2. The SMILES string of the molecule is N[C@@H](CCCCN=Cc1ccc[nH]1)C(=O)O. The average molecular weight is 223 g/mol. The van der Waals surface area contributed by atoms with Gasteiger partial charge in [0.15, 0.2) is 0 Å². The molecule has 88 valence electrons. The van der Waals surface area contributed by atoms with Crippen molar-refractivity contribution in [3.8, 4) is 0 Å². The van der Waals surface area contributed by atoms with Crippen LogP contribution >= 0.6 is 0 Å². The maximum atomic E-state index is 10.4. The Hall–Kier alpha value is -1.62. The Balaban J connectivity index is 2.06. The second-order valence-electron chi connectivity index (χ2n) is 3.60. The summed E-state index contributed by atoms with van der Waals surface area (Å²) in [6, 6.07) is 3.10. The fourth-order valence-electron chi connectivity index (χ4n) is 1.28. The van der Waals surface area contributed by atoms with Crippen LogP contribution in [0, 0.1) is 0 Å². The molecule has 5 heteroatoms. The smallest absolute Gasteiger partial charge is 0.320 e. The van der Waals surface area contributed by atoms with Gasteiger partial charge in [-0.3, -0.25) is 9.79 Å². The summed E-state index contributed by atoms with van der Waals surface area (Å²) >= 11 is 0. The fourth-order valence-corrected chi connectivity index (χ4v) is 1.28. The van der Waals surface area contributed by atoms with Gasteiger partial charge in [-0.05, 0) is 31.4 Å². The Morgan fingerprint density at radius 2 is 2.44 bits per heavy atom. The predicted molar refractivity (Wildman–Crippen MR) is 62.7 cm³/mol. The minimum atomic E-state index is -0.935. The zero-order valence-corrected chi connectivity index (χ0v) is 9.10. The fraction of sp³-hybridized carbons (Fsp3) is 0.455. The Morgan fingerprint density at radius 1 is 1.62 bits per heavy atom. The standard InChI is InChI=1S/C11H17N3O2/c12-10(11(15)16)5-1-2-6-13-8-9-4-3-7-14-9/h3-4,7-8,10,14H,1-2,5-6,12H2,(H,15,16)/t10-/m0/s1. The van der Waals surface area contributed by atoms with Gasteiger partial charge in [0.2, 0.25) is 0 Å². The van der Waals surface area contributed by atoms with Gasteiger partial charge in [-0.1, -0.05) is 0 Å². The molecule has 1 aromatic heterocycles. The molecule has 0 bridgehead atoms. The van der Waals surface area contributed by atoms with E-state index in [1.54, 1.807) is 6.21 Å². The van der Waals surface area contributed by atoms with E-state index >= 15 is 0 Å². The summed E-state index contributed by atoms with van der Waals surface area (Å²) in [4.78, 5) is 17.6. The summed E-state index contributed by atoms with van der Waals surface area (Å²) in [5.74, 6) is -0.935. The number of aliphatic carboxylic acids is 1. The van der Waals surface area contributed by atoms with Crippen molar-refractivity contribution in [2.45, 2.75) is 25.3 Å². The molecule has 0 aromatic carbocycles. The third kappa shape index (κ3) is 4.75. The van der Waals surface area contributed by atoms with E-state index < -0.39 is 12.0 Å². The quantitative estimate of drug-likeness (QED) is 0.476. The molecule has 0 radical (unpaired) electrons. The van der Waals surface area contributed by atoms with Crippen molar-refractivity contribution in [1.29, 1.82) is 0 Å². The van der Waals surface area contributed by atoms with Crippen LogP contribution in [0.15, 0.2) is 23.3 Å². The van der Waals surface area contributed by atoms with E-state index in [1.807, 2.05) is 18.3 Å². The first-order chi connectivity index (χ1) is 7.70. The van der Waals surface area contributed by atoms with Crippen molar-refractivity contribution in [2.75, 3.05) is 6.54 Å². The molecule has 0 amide bonds. The number of unbranched alkanes of at least 4 members (excludes halogenated alkanes) is 1. The third-order valence-corrected chi connectivity index (χ3v) is 2.22. The molecule has 4 N–H and O–H groups in total. The summed E-state index contributed by atoms with van der Waals surface area (Å²) in [5.41, 5.74) is 6.34. The molecular weight excluding hydrogens is 206 g/mol. The van der Waals surface area contributed by atoms with Crippen molar-refractivity contribution in [1.82, 2.24) is 4.98 Å². The monoisotopic (exact) mass is 223 g/mol. The van der Waals surface area contributed by atoms with Crippen LogP contribution in [0.1, 0.15) is 25.0 Å². The normalized spacial score (nSPS) is 13.1. The number of nitrogens with one attached hydrogen (secondary N) is 1. The highest BCUT2D eigenvalue weighted by Crippen LogP contribution is 1.99.